The van der Waals surface area contributed by atoms with Crippen LogP contribution in [-0.4, -0.2) is 5.11 Å². The molecule has 0 saturated heterocycles. The topological polar surface area (TPSA) is 20.2 Å². The molecule has 0 heterocycles. The van der Waals surface area contributed by atoms with E-state index in [-0.39, 0.29) is 0 Å². The van der Waals surface area contributed by atoms with Crippen molar-refractivity contribution in [3.8, 4) is 0 Å². The van der Waals surface area contributed by atoms with Crippen molar-refractivity contribution in [1.29, 1.82) is 0 Å². The third-order valence-corrected chi connectivity index (χ3v) is 2.63. The minimum atomic E-state index is -0.410. The number of benzene rings is 1. The van der Waals surface area contributed by atoms with E-state index in [9.17, 15) is 5.11 Å². The van der Waals surface area contributed by atoms with Gasteiger partial charge in [0.25, 0.3) is 0 Å². The zero-order valence-corrected chi connectivity index (χ0v) is 9.17. The Morgan fingerprint density at radius 1 is 1.21 bits per heavy atom. The van der Waals surface area contributed by atoms with E-state index >= 15 is 0 Å². The maximum atomic E-state index is 9.85. The Morgan fingerprint density at radius 3 is 2.36 bits per heavy atom. The second-order valence-electron chi connectivity index (χ2n) is 3.83. The molecule has 0 saturated carbocycles. The fraction of sp³-hybridized carbons (Fsp3) is 0.385. The van der Waals surface area contributed by atoms with Crippen molar-refractivity contribution in [2.75, 3.05) is 0 Å². The molecule has 1 aromatic carbocycles. The SMILES string of the molecule is C=CCC(O)c1cc(C)c(C)cc1C. The van der Waals surface area contributed by atoms with Crippen LogP contribution in [0.2, 0.25) is 0 Å². The van der Waals surface area contributed by atoms with Crippen LogP contribution in [0.4, 0.5) is 0 Å². The average Bonchev–Trinajstić information content (AvgIpc) is 2.11. The summed E-state index contributed by atoms with van der Waals surface area (Å²) in [6.45, 7) is 9.83. The number of aryl methyl sites for hydroxylation is 3. The molecule has 0 aliphatic heterocycles. The summed E-state index contributed by atoms with van der Waals surface area (Å²) >= 11 is 0. The highest BCUT2D eigenvalue weighted by molar-refractivity contribution is 5.37. The summed E-state index contributed by atoms with van der Waals surface area (Å²) in [6, 6.07) is 4.19. The van der Waals surface area contributed by atoms with E-state index < -0.39 is 6.10 Å². The molecule has 76 valence electrons. The number of hydrogen-bond donors (Lipinski definition) is 1. The van der Waals surface area contributed by atoms with Gasteiger partial charge >= 0.3 is 0 Å². The quantitative estimate of drug-likeness (QED) is 0.725. The molecule has 1 rings (SSSR count). The van der Waals surface area contributed by atoms with Gasteiger partial charge in [-0.3, -0.25) is 0 Å². The Labute approximate surface area is 86.1 Å². The number of aliphatic hydroxyl groups is 1. The molecule has 1 heteroatoms. The summed E-state index contributed by atoms with van der Waals surface area (Å²) in [4.78, 5) is 0. The first-order valence-corrected chi connectivity index (χ1v) is 4.93. The zero-order valence-electron chi connectivity index (χ0n) is 9.17. The molecule has 1 N–H and O–H groups in total. The van der Waals surface area contributed by atoms with Crippen LogP contribution in [0, 0.1) is 20.8 Å². The predicted molar refractivity (Wildman–Crippen MR) is 60.4 cm³/mol. The highest BCUT2D eigenvalue weighted by Gasteiger charge is 2.09. The van der Waals surface area contributed by atoms with Gasteiger partial charge in [0.2, 0.25) is 0 Å². The molecule has 0 aromatic heterocycles. The minimum Gasteiger partial charge on any atom is -0.388 e. The second kappa shape index (κ2) is 4.43. The molecule has 1 aromatic rings. The summed E-state index contributed by atoms with van der Waals surface area (Å²) < 4.78 is 0. The van der Waals surface area contributed by atoms with Crippen molar-refractivity contribution in [1.82, 2.24) is 0 Å². The Morgan fingerprint density at radius 2 is 1.79 bits per heavy atom. The Bertz CT molecular complexity index is 339. The molecule has 1 atom stereocenters. The average molecular weight is 190 g/mol. The first-order valence-electron chi connectivity index (χ1n) is 4.93. The third-order valence-electron chi connectivity index (χ3n) is 2.63. The lowest BCUT2D eigenvalue weighted by Gasteiger charge is -2.14. The van der Waals surface area contributed by atoms with Crippen molar-refractivity contribution in [3.05, 3.63) is 47.0 Å². The molecular weight excluding hydrogens is 172 g/mol. The van der Waals surface area contributed by atoms with Crippen molar-refractivity contribution in [2.24, 2.45) is 0 Å². The maximum absolute atomic E-state index is 9.85. The van der Waals surface area contributed by atoms with E-state index in [4.69, 9.17) is 0 Å². The monoisotopic (exact) mass is 190 g/mol. The lowest BCUT2D eigenvalue weighted by molar-refractivity contribution is 0.181. The molecular formula is C13H18O. The summed E-state index contributed by atoms with van der Waals surface area (Å²) in [5.74, 6) is 0. The molecule has 0 aliphatic rings. The van der Waals surface area contributed by atoms with E-state index in [1.54, 1.807) is 6.08 Å². The van der Waals surface area contributed by atoms with E-state index in [2.05, 4.69) is 32.6 Å². The lowest BCUT2D eigenvalue weighted by atomic mass is 9.96. The Hall–Kier alpha value is -1.08. The van der Waals surface area contributed by atoms with Crippen LogP contribution in [0.15, 0.2) is 24.8 Å². The van der Waals surface area contributed by atoms with E-state index in [0.717, 1.165) is 11.1 Å². The summed E-state index contributed by atoms with van der Waals surface area (Å²) in [7, 11) is 0. The highest BCUT2D eigenvalue weighted by Crippen LogP contribution is 2.23. The van der Waals surface area contributed by atoms with Gasteiger partial charge in [0, 0.05) is 0 Å². The molecule has 1 nitrogen and oxygen atoms in total. The van der Waals surface area contributed by atoms with Gasteiger partial charge < -0.3 is 5.11 Å². The van der Waals surface area contributed by atoms with Crippen molar-refractivity contribution in [3.63, 3.8) is 0 Å². The van der Waals surface area contributed by atoms with Gasteiger partial charge in [0.1, 0.15) is 0 Å². The first-order chi connectivity index (χ1) is 6.56. The van der Waals surface area contributed by atoms with Crippen molar-refractivity contribution < 1.29 is 5.11 Å². The molecule has 0 aliphatic carbocycles. The molecule has 0 amide bonds. The Balaban J connectivity index is 3.08. The molecule has 0 radical (unpaired) electrons. The minimum absolute atomic E-state index is 0.410. The van der Waals surface area contributed by atoms with Crippen LogP contribution < -0.4 is 0 Å². The van der Waals surface area contributed by atoms with Crippen LogP contribution in [0.1, 0.15) is 34.8 Å². The van der Waals surface area contributed by atoms with E-state index in [1.165, 1.54) is 11.1 Å². The van der Waals surface area contributed by atoms with Gasteiger partial charge in [0.15, 0.2) is 0 Å². The Kier molecular flexibility index (Phi) is 3.48. The van der Waals surface area contributed by atoms with Crippen LogP contribution >= 0.6 is 0 Å². The smallest absolute Gasteiger partial charge is 0.0827 e. The normalized spacial score (nSPS) is 12.6. The summed E-state index contributed by atoms with van der Waals surface area (Å²) in [5.41, 5.74) is 4.68. The predicted octanol–water partition coefficient (Wildman–Crippen LogP) is 3.22. The summed E-state index contributed by atoms with van der Waals surface area (Å²) in [6.07, 6.45) is 1.95. The third kappa shape index (κ3) is 2.24. The molecule has 14 heavy (non-hydrogen) atoms. The standard InChI is InChI=1S/C13H18O/c1-5-6-13(14)12-8-10(3)9(2)7-11(12)4/h5,7-8,13-14H,1,6H2,2-4H3. The van der Waals surface area contributed by atoms with E-state index in [1.807, 2.05) is 6.92 Å². The fourth-order valence-electron chi connectivity index (χ4n) is 1.63. The van der Waals surface area contributed by atoms with Gasteiger partial charge in [-0.25, -0.2) is 0 Å². The molecule has 0 spiro atoms. The largest absolute Gasteiger partial charge is 0.388 e. The van der Waals surface area contributed by atoms with Gasteiger partial charge in [-0.2, -0.15) is 0 Å². The molecule has 0 bridgehead atoms. The van der Waals surface area contributed by atoms with Gasteiger partial charge in [-0.05, 0) is 49.4 Å². The van der Waals surface area contributed by atoms with Crippen LogP contribution in [0.5, 0.6) is 0 Å². The first kappa shape index (κ1) is 11.0. The summed E-state index contributed by atoms with van der Waals surface area (Å²) in [5, 5.41) is 9.85. The van der Waals surface area contributed by atoms with E-state index in [0.29, 0.717) is 6.42 Å². The van der Waals surface area contributed by atoms with Crippen LogP contribution in [0.3, 0.4) is 0 Å². The van der Waals surface area contributed by atoms with Gasteiger partial charge in [-0.15, -0.1) is 6.58 Å². The molecule has 1 unspecified atom stereocenters. The highest BCUT2D eigenvalue weighted by atomic mass is 16.3. The van der Waals surface area contributed by atoms with Crippen LogP contribution in [0.25, 0.3) is 0 Å². The number of aliphatic hydroxyl groups excluding tert-OH is 1. The fourth-order valence-corrected chi connectivity index (χ4v) is 1.63. The van der Waals surface area contributed by atoms with Gasteiger partial charge in [-0.1, -0.05) is 18.2 Å². The lowest BCUT2D eigenvalue weighted by Crippen LogP contribution is -2.00. The second-order valence-corrected chi connectivity index (χ2v) is 3.83. The van der Waals surface area contributed by atoms with Crippen LogP contribution in [-0.2, 0) is 0 Å². The number of rotatable bonds is 3. The number of hydrogen-bond acceptors (Lipinski definition) is 1. The maximum Gasteiger partial charge on any atom is 0.0827 e. The molecule has 0 fully saturated rings. The van der Waals surface area contributed by atoms with Gasteiger partial charge in [0.05, 0.1) is 6.10 Å². The zero-order chi connectivity index (χ0) is 10.7. The van der Waals surface area contributed by atoms with Crippen molar-refractivity contribution in [2.45, 2.75) is 33.3 Å². The van der Waals surface area contributed by atoms with Crippen molar-refractivity contribution >= 4 is 0 Å².